The van der Waals surface area contributed by atoms with Gasteiger partial charge in [0.2, 0.25) is 47.3 Å². The number of hydrogen-bond acceptors (Lipinski definition) is 31. The van der Waals surface area contributed by atoms with Crippen LogP contribution >= 0.6 is 0 Å². The zero-order chi connectivity index (χ0) is 110. The van der Waals surface area contributed by atoms with E-state index in [4.69, 9.17) is 62.6 Å². The summed E-state index contributed by atoms with van der Waals surface area (Å²) in [6, 6.07) is 2.99. The molecule has 854 valence electrons. The summed E-state index contributed by atoms with van der Waals surface area (Å²) >= 11 is 0. The molecule has 1 aromatic rings. The Balaban J connectivity index is 0.919. The number of methoxy groups -OCH3 is 2. The first kappa shape index (κ1) is 128. The van der Waals surface area contributed by atoms with Crippen molar-refractivity contribution < 1.29 is 124 Å². The number of primary amides is 1. The molecule has 150 heavy (non-hydrogen) atoms. The first-order valence-corrected chi connectivity index (χ1v) is 54.9. The average molecular weight is 2130 g/mol. The van der Waals surface area contributed by atoms with E-state index in [1.165, 1.54) is 37.6 Å². The maximum atomic E-state index is 15.4. The van der Waals surface area contributed by atoms with Crippen LogP contribution in [0.5, 0.6) is 0 Å². The highest BCUT2D eigenvalue weighted by molar-refractivity contribution is 5.97. The predicted molar refractivity (Wildman–Crippen MR) is 564 cm³/mol. The number of allylic oxidation sites excluding steroid dienone is 3. The molecule has 1 saturated heterocycles. The summed E-state index contributed by atoms with van der Waals surface area (Å²) in [5.41, 5.74) is 23.6. The Morgan fingerprint density at radius 3 is 1.78 bits per heavy atom. The first-order valence-electron chi connectivity index (χ1n) is 54.9. The number of carbonyl (C=O) groups excluding carboxylic acids is 12. The third kappa shape index (κ3) is 44.4. The lowest BCUT2D eigenvalue weighted by molar-refractivity contribution is -0.869. The zero-order valence-electron chi connectivity index (χ0n) is 93.2. The fraction of sp³-hybridized carbons (Fsp3) is 0.794. The maximum absolute atomic E-state index is 15.4. The lowest BCUT2D eigenvalue weighted by Crippen LogP contribution is -2.55. The molecule has 7 rings (SSSR count). The molecule has 1 aromatic carbocycles. The number of nitrogens with one attached hydrogen (secondary N) is 11. The van der Waals surface area contributed by atoms with Gasteiger partial charge in [-0.15, -0.1) is 11.1 Å². The van der Waals surface area contributed by atoms with Gasteiger partial charge in [-0.1, -0.05) is 112 Å². The van der Waals surface area contributed by atoms with Crippen LogP contribution in [0, 0.1) is 59.2 Å². The average Bonchev–Trinajstić information content (AvgIpc) is 1.61. The summed E-state index contributed by atoms with van der Waals surface area (Å²) < 4.78 is 70.5. The number of hydrogen-bond donors (Lipinski definition) is 13. The van der Waals surface area contributed by atoms with Crippen molar-refractivity contribution in [3.05, 3.63) is 58.7 Å². The number of alkyl carbamates (subject to hydrolysis) is 1. The summed E-state index contributed by atoms with van der Waals surface area (Å²) in [7, 11) is 14.4. The third-order valence-corrected chi connectivity index (χ3v) is 29.4. The van der Waals surface area contributed by atoms with E-state index in [2.05, 4.69) is 80.3 Å². The minimum atomic E-state index is -1.20. The first-order chi connectivity index (χ1) is 71.8. The number of hydrazine groups is 4. The number of Topliss-reactive ketones (excluding diaryl/α,β-unsaturated/α-hetero) is 2. The fourth-order valence-electron chi connectivity index (χ4n) is 20.5. The molecule has 2 fully saturated rings. The molecule has 0 radical (unpaired) electrons. The normalized spacial score (nSPS) is 19.6. The van der Waals surface area contributed by atoms with Gasteiger partial charge in [-0.25, -0.2) is 9.59 Å². The molecular formula is C107H187N18O25+. The number of nitrogens with zero attached hydrogens (tertiary/aromatic N) is 6. The highest BCUT2D eigenvalue weighted by Crippen LogP contribution is 2.54. The van der Waals surface area contributed by atoms with Crippen LogP contribution in [0.2, 0.25) is 0 Å². The van der Waals surface area contributed by atoms with Crippen molar-refractivity contribution in [2.24, 2.45) is 64.9 Å². The van der Waals surface area contributed by atoms with E-state index in [0.29, 0.717) is 167 Å². The number of fused-ring (bicyclic) bond motifs is 1. The minimum absolute atomic E-state index is 0.0277. The van der Waals surface area contributed by atoms with Crippen molar-refractivity contribution in [1.29, 1.82) is 0 Å². The summed E-state index contributed by atoms with van der Waals surface area (Å²) in [5.74, 6) is -6.92. The number of benzene rings is 1. The molecule has 1 unspecified atom stereocenters. The molecule has 1 saturated carbocycles. The van der Waals surface area contributed by atoms with Crippen molar-refractivity contribution in [3.8, 4) is 0 Å². The van der Waals surface area contributed by atoms with Gasteiger partial charge in [-0.2, -0.15) is 0 Å². The molecule has 3 aliphatic heterocycles. The van der Waals surface area contributed by atoms with Gasteiger partial charge in [0.1, 0.15) is 18.8 Å². The molecule has 14 N–H and O–H groups in total. The topological polar surface area (TPSA) is 510 Å². The van der Waals surface area contributed by atoms with Crippen molar-refractivity contribution in [2.75, 3.05) is 221 Å². The molecule has 3 heterocycles. The van der Waals surface area contributed by atoms with Crippen LogP contribution in [-0.4, -0.2) is 381 Å². The van der Waals surface area contributed by atoms with Gasteiger partial charge in [-0.3, -0.25) is 58.0 Å². The van der Waals surface area contributed by atoms with Crippen LogP contribution in [0.4, 0.5) is 9.59 Å². The number of amides is 11. The number of carbonyl (C=O) groups is 12. The van der Waals surface area contributed by atoms with Crippen LogP contribution in [0.3, 0.4) is 0 Å². The van der Waals surface area contributed by atoms with Crippen LogP contribution in [0.1, 0.15) is 222 Å². The SMILES string of the molecule is CC[C@H](C)[C@@H]([C@@H](CC(=O)N1CCC[C@H]1[C@H](OC)[C@@H](C)C(=O)N[C@H](C)[C@@H](O)c1ccccc1)OC)N(C)C(=O)[C@@H](CC(=O)[C@H](C(C)C)N(C)C(=O)[C@H](CCCNC(N)=O)CC(=O)[C@@H](NC(=O)[C@@H](CCCCNC(=O)COC1CCCCCC2=C1NNN2CCOCCOCCOCCOCCC(=O)NCC[N+](C)(C)C)NC(=O)CCOCCOCCOCCOCCNC(=O)OC[C@@H]1[C@@H]2CCC3=C(CC[C@@H]21)NNN3C)C(C)C)C(C)C. The number of ether oxygens (including phenoxy) is 12. The number of likely N-dealkylation sites (tertiary alicyclic amines) is 1. The molecule has 3 aliphatic carbocycles. The number of unbranched alkanes of at least 4 members (excludes halogenated alkanes) is 1. The van der Waals surface area contributed by atoms with Crippen LogP contribution < -0.4 is 64.9 Å². The zero-order valence-corrected chi connectivity index (χ0v) is 93.2. The van der Waals surface area contributed by atoms with E-state index in [1.807, 2.05) is 63.0 Å². The number of ketones is 2. The van der Waals surface area contributed by atoms with E-state index >= 15 is 19.2 Å². The number of rotatable bonds is 76. The summed E-state index contributed by atoms with van der Waals surface area (Å²) in [6.07, 6.45) is 7.24. The molecule has 0 bridgehead atoms. The van der Waals surface area contributed by atoms with Crippen molar-refractivity contribution in [1.82, 2.24) is 83.9 Å². The Hall–Kier alpha value is -9.06. The predicted octanol–water partition coefficient (Wildman–Crippen LogP) is 5.75. The third-order valence-electron chi connectivity index (χ3n) is 29.4. The Morgan fingerprint density at radius 1 is 0.560 bits per heavy atom. The number of aliphatic hydroxyl groups excluding tert-OH is 1. The fourth-order valence-corrected chi connectivity index (χ4v) is 20.5. The van der Waals surface area contributed by atoms with Gasteiger partial charge in [0, 0.05) is 105 Å². The van der Waals surface area contributed by atoms with Crippen molar-refractivity contribution in [2.45, 2.75) is 271 Å². The minimum Gasteiger partial charge on any atom is -0.449 e. The molecular weight excluding hydrogens is 1940 g/mol. The highest BCUT2D eigenvalue weighted by atomic mass is 16.6. The Morgan fingerprint density at radius 2 is 1.17 bits per heavy atom. The molecule has 17 atom stereocenters. The number of nitrogens with two attached hydrogens (primary N) is 1. The number of aliphatic hydroxyl groups is 1. The van der Waals surface area contributed by atoms with E-state index < -0.39 is 144 Å². The van der Waals surface area contributed by atoms with Crippen LogP contribution in [0.15, 0.2) is 53.1 Å². The Labute approximate surface area is 890 Å². The summed E-state index contributed by atoms with van der Waals surface area (Å²) in [5, 5.41) is 35.1. The van der Waals surface area contributed by atoms with Gasteiger partial charge in [0.05, 0.1) is 231 Å². The molecule has 0 spiro atoms. The van der Waals surface area contributed by atoms with Gasteiger partial charge < -0.3 is 135 Å². The van der Waals surface area contributed by atoms with E-state index in [0.717, 1.165) is 73.8 Å². The number of likely N-dealkylation sites (N-methyl/N-ethyl adjacent to an activating group) is 3. The Kier molecular flexibility index (Phi) is 58.8. The lowest BCUT2D eigenvalue weighted by atomic mass is 9.83. The monoisotopic (exact) mass is 2120 g/mol. The summed E-state index contributed by atoms with van der Waals surface area (Å²) in [4.78, 5) is 173. The standard InChI is InChI=1S/C107H186N18O25/c1-19-74(8)99(91(139-17)68-95(131)123-47-29-35-87(123)101(140-18)75(9)102(133)113-76(10)100(132)77-30-22-20-23-31-77)121(12)105(136)81(71(2)3)67-89(127)98(73(6)7)120(11)104(135)78(32-28-44-111-106(108)137)66-88(126)96(72(4)5)115-103(134)84(114-93(129)42-51-142-55-59-146-62-64-147-60-56-143-52-46-112-107(138)150-69-82-79-37-39-83-85(40-38-80(79)82)122(13)118-116-83)33-26-27-43-109-94(130)70-149-90-36-25-21-24-34-86-97(90)117-119-124(86)48-53-144-57-61-148-65-63-145-58-54-141-50-41-92(128)110-45-49-125(14,15)16/h20,22-23,30-31,71-76,78-82,84,87,90-91,96,98-101,116-119,132H,19,21,24-29,32-70H2,1-18H3,(H8-,108,109,110,111,112,113,114,115,128,129,130,133,134,137,138)/p+1/t74-,75+,76+,78+,79-,80+,81-,82-,84+,87-,90?,91+,96-,98-,99-,100+,101+/m0/s1. The highest BCUT2D eigenvalue weighted by Gasteiger charge is 2.51. The van der Waals surface area contributed by atoms with E-state index in [1.54, 1.807) is 70.5 Å². The lowest BCUT2D eigenvalue weighted by Gasteiger charge is -2.41. The molecule has 6 aliphatic rings. The summed E-state index contributed by atoms with van der Waals surface area (Å²) in [6.45, 7) is 26.1. The second-order valence-electron chi connectivity index (χ2n) is 42.6. The second kappa shape index (κ2) is 68.9. The Bertz CT molecular complexity index is 4310. The molecule has 43 nitrogen and oxygen atoms in total. The quantitative estimate of drug-likeness (QED) is 0.0273. The van der Waals surface area contributed by atoms with E-state index in [9.17, 15) is 43.5 Å². The van der Waals surface area contributed by atoms with Crippen molar-refractivity contribution in [3.63, 3.8) is 0 Å². The van der Waals surface area contributed by atoms with Gasteiger partial charge in [0.25, 0.3) is 0 Å². The van der Waals surface area contributed by atoms with Gasteiger partial charge in [-0.05, 0) is 144 Å². The van der Waals surface area contributed by atoms with E-state index in [-0.39, 0.29) is 133 Å². The van der Waals surface area contributed by atoms with Gasteiger partial charge >= 0.3 is 12.1 Å². The van der Waals surface area contributed by atoms with Crippen molar-refractivity contribution >= 4 is 70.9 Å². The van der Waals surface area contributed by atoms with Crippen LogP contribution in [-0.2, 0) is 105 Å². The molecule has 43 heteroatoms. The number of quaternary nitrogens is 1. The molecule has 11 amide bonds. The van der Waals surface area contributed by atoms with Gasteiger partial charge in [0.15, 0.2) is 11.6 Å². The van der Waals surface area contributed by atoms with Crippen LogP contribution in [0.25, 0.3) is 0 Å². The second-order valence-corrected chi connectivity index (χ2v) is 42.6. The largest absolute Gasteiger partial charge is 0.449 e. The number of urea groups is 1. The maximum Gasteiger partial charge on any atom is 0.407 e. The smallest absolute Gasteiger partial charge is 0.407 e. The molecule has 0 aromatic heterocycles.